The maximum Gasteiger partial charge on any atom is 0.310 e. The van der Waals surface area contributed by atoms with Crippen molar-refractivity contribution in [2.45, 2.75) is 13.0 Å². The molecule has 2 aromatic carbocycles. The van der Waals surface area contributed by atoms with E-state index in [4.69, 9.17) is 4.74 Å². The Labute approximate surface area is 128 Å². The van der Waals surface area contributed by atoms with E-state index in [9.17, 15) is 14.9 Å². The minimum Gasteiger partial charge on any atom is -0.474 e. The number of carbonyl (C=O) groups is 1. The van der Waals surface area contributed by atoms with Gasteiger partial charge < -0.3 is 9.64 Å². The zero-order valence-electron chi connectivity index (χ0n) is 12.3. The van der Waals surface area contributed by atoms with Gasteiger partial charge in [0.25, 0.3) is 5.91 Å². The molecule has 1 atom stereocenters. The summed E-state index contributed by atoms with van der Waals surface area (Å²) < 4.78 is 5.48. The number of likely N-dealkylation sites (N-methyl/N-ethyl adjacent to an activating group) is 1. The first kappa shape index (κ1) is 15.5. The Balaban J connectivity index is 2.14. The molecular weight excluding hydrogens is 284 g/mol. The van der Waals surface area contributed by atoms with Crippen molar-refractivity contribution in [3.05, 3.63) is 64.7 Å². The summed E-state index contributed by atoms with van der Waals surface area (Å²) in [5.41, 5.74) is 0.565. The number of rotatable bonds is 5. The molecule has 6 nitrogen and oxygen atoms in total. The number of carbonyl (C=O) groups excluding carboxylic acids is 1. The van der Waals surface area contributed by atoms with Gasteiger partial charge in [0.1, 0.15) is 0 Å². The van der Waals surface area contributed by atoms with Crippen LogP contribution in [0.1, 0.15) is 6.92 Å². The first-order valence-corrected chi connectivity index (χ1v) is 6.73. The van der Waals surface area contributed by atoms with Crippen molar-refractivity contribution in [1.82, 2.24) is 0 Å². The van der Waals surface area contributed by atoms with Gasteiger partial charge in [0.15, 0.2) is 11.9 Å². The lowest BCUT2D eigenvalue weighted by Crippen LogP contribution is -2.38. The highest BCUT2D eigenvalue weighted by atomic mass is 16.6. The fourth-order valence-electron chi connectivity index (χ4n) is 2.00. The second kappa shape index (κ2) is 6.71. The van der Waals surface area contributed by atoms with Crippen molar-refractivity contribution in [1.29, 1.82) is 0 Å². The van der Waals surface area contributed by atoms with Crippen molar-refractivity contribution in [3.63, 3.8) is 0 Å². The summed E-state index contributed by atoms with van der Waals surface area (Å²) in [4.78, 5) is 24.2. The highest BCUT2D eigenvalue weighted by Crippen LogP contribution is 2.27. The van der Waals surface area contributed by atoms with E-state index >= 15 is 0 Å². The maximum atomic E-state index is 12.4. The molecule has 0 aliphatic carbocycles. The van der Waals surface area contributed by atoms with Gasteiger partial charge in [0.05, 0.1) is 4.92 Å². The van der Waals surface area contributed by atoms with Crippen LogP contribution in [-0.2, 0) is 4.79 Å². The molecule has 0 aromatic heterocycles. The number of benzene rings is 2. The van der Waals surface area contributed by atoms with E-state index in [0.717, 1.165) is 5.69 Å². The highest BCUT2D eigenvalue weighted by molar-refractivity contribution is 5.96. The topological polar surface area (TPSA) is 72.7 Å². The lowest BCUT2D eigenvalue weighted by Gasteiger charge is -2.22. The molecule has 0 saturated carbocycles. The van der Waals surface area contributed by atoms with E-state index in [1.807, 2.05) is 18.2 Å². The smallest absolute Gasteiger partial charge is 0.310 e. The average Bonchev–Trinajstić information content (AvgIpc) is 2.54. The molecule has 1 amide bonds. The number of nitro groups is 1. The molecule has 114 valence electrons. The predicted molar refractivity (Wildman–Crippen MR) is 83.0 cm³/mol. The Hall–Kier alpha value is -2.89. The minimum absolute atomic E-state index is 0.0785. The third kappa shape index (κ3) is 3.41. The normalized spacial score (nSPS) is 11.5. The molecule has 0 bridgehead atoms. The number of anilines is 1. The van der Waals surface area contributed by atoms with E-state index in [1.54, 1.807) is 38.2 Å². The Morgan fingerprint density at radius 2 is 1.73 bits per heavy atom. The predicted octanol–water partition coefficient (Wildman–Crippen LogP) is 3.03. The summed E-state index contributed by atoms with van der Waals surface area (Å²) in [5.74, 6) is -0.209. The average molecular weight is 300 g/mol. The van der Waals surface area contributed by atoms with E-state index in [-0.39, 0.29) is 17.3 Å². The van der Waals surface area contributed by atoms with Crippen molar-refractivity contribution in [2.75, 3.05) is 11.9 Å². The Morgan fingerprint density at radius 1 is 1.14 bits per heavy atom. The van der Waals surface area contributed by atoms with Gasteiger partial charge in [-0.2, -0.15) is 0 Å². The first-order chi connectivity index (χ1) is 10.5. The van der Waals surface area contributed by atoms with Crippen LogP contribution in [0, 0.1) is 10.1 Å². The molecule has 0 N–H and O–H groups in total. The summed E-state index contributed by atoms with van der Waals surface area (Å²) in [6.07, 6.45) is -0.841. The van der Waals surface area contributed by atoms with Crippen molar-refractivity contribution in [3.8, 4) is 5.75 Å². The third-order valence-corrected chi connectivity index (χ3v) is 3.19. The zero-order valence-corrected chi connectivity index (χ0v) is 12.3. The van der Waals surface area contributed by atoms with Gasteiger partial charge in [-0.1, -0.05) is 30.3 Å². The summed E-state index contributed by atoms with van der Waals surface area (Å²) in [6, 6.07) is 15.1. The van der Waals surface area contributed by atoms with Crippen LogP contribution in [0.25, 0.3) is 0 Å². The van der Waals surface area contributed by atoms with Crippen LogP contribution in [0.3, 0.4) is 0 Å². The third-order valence-electron chi connectivity index (χ3n) is 3.19. The van der Waals surface area contributed by atoms with Gasteiger partial charge in [-0.25, -0.2) is 0 Å². The maximum absolute atomic E-state index is 12.4. The quantitative estimate of drug-likeness (QED) is 0.628. The van der Waals surface area contributed by atoms with E-state index < -0.39 is 11.0 Å². The van der Waals surface area contributed by atoms with Crippen molar-refractivity contribution >= 4 is 17.3 Å². The molecule has 6 heteroatoms. The Kier molecular flexibility index (Phi) is 4.73. The first-order valence-electron chi connectivity index (χ1n) is 6.73. The standard InChI is InChI=1S/C16H16N2O4/c1-12(16(19)17(2)13-8-4-3-5-9-13)22-15-11-7-6-10-14(15)18(20)21/h3-12H,1-2H3/t12-/m0/s1. The van der Waals surface area contributed by atoms with E-state index in [1.165, 1.54) is 17.0 Å². The molecule has 0 saturated heterocycles. The number of para-hydroxylation sites is 3. The number of nitrogens with zero attached hydrogens (tertiary/aromatic N) is 2. The number of nitro benzene ring substituents is 1. The summed E-state index contributed by atoms with van der Waals surface area (Å²) in [5, 5.41) is 11.0. The molecule has 0 radical (unpaired) electrons. The monoisotopic (exact) mass is 300 g/mol. The number of hydrogen-bond donors (Lipinski definition) is 0. The second-order valence-electron chi connectivity index (χ2n) is 4.72. The fourth-order valence-corrected chi connectivity index (χ4v) is 2.00. The van der Waals surface area contributed by atoms with Crippen LogP contribution in [0.15, 0.2) is 54.6 Å². The summed E-state index contributed by atoms with van der Waals surface area (Å²) in [7, 11) is 1.64. The molecule has 2 aromatic rings. The lowest BCUT2D eigenvalue weighted by atomic mass is 10.2. The Morgan fingerprint density at radius 3 is 2.36 bits per heavy atom. The number of amides is 1. The number of ether oxygens (including phenoxy) is 1. The van der Waals surface area contributed by atoms with Gasteiger partial charge in [-0.3, -0.25) is 14.9 Å². The second-order valence-corrected chi connectivity index (χ2v) is 4.72. The van der Waals surface area contributed by atoms with Crippen molar-refractivity contribution in [2.24, 2.45) is 0 Å². The van der Waals surface area contributed by atoms with Gasteiger partial charge >= 0.3 is 5.69 Å². The molecule has 0 unspecified atom stereocenters. The molecular formula is C16H16N2O4. The zero-order chi connectivity index (χ0) is 16.1. The van der Waals surface area contributed by atoms with Gasteiger partial charge in [0.2, 0.25) is 0 Å². The molecule has 2 rings (SSSR count). The van der Waals surface area contributed by atoms with Crippen molar-refractivity contribution < 1.29 is 14.5 Å². The fraction of sp³-hybridized carbons (Fsp3) is 0.188. The summed E-state index contributed by atoms with van der Waals surface area (Å²) in [6.45, 7) is 1.57. The van der Waals surface area contributed by atoms with Crippen LogP contribution < -0.4 is 9.64 Å². The lowest BCUT2D eigenvalue weighted by molar-refractivity contribution is -0.386. The molecule has 0 fully saturated rings. The summed E-state index contributed by atoms with van der Waals surface area (Å²) >= 11 is 0. The largest absolute Gasteiger partial charge is 0.474 e. The van der Waals surface area contributed by atoms with Crippen LogP contribution in [-0.4, -0.2) is 24.0 Å². The van der Waals surface area contributed by atoms with Crippen LogP contribution in [0.2, 0.25) is 0 Å². The van der Waals surface area contributed by atoms with Crippen LogP contribution in [0.4, 0.5) is 11.4 Å². The minimum atomic E-state index is -0.841. The molecule has 0 aliphatic rings. The SMILES string of the molecule is C[C@H](Oc1ccccc1[N+](=O)[O-])C(=O)N(C)c1ccccc1. The van der Waals surface area contributed by atoms with E-state index in [2.05, 4.69) is 0 Å². The molecule has 0 heterocycles. The highest BCUT2D eigenvalue weighted by Gasteiger charge is 2.23. The number of hydrogen-bond acceptors (Lipinski definition) is 4. The molecule has 0 aliphatic heterocycles. The molecule has 22 heavy (non-hydrogen) atoms. The van der Waals surface area contributed by atoms with Gasteiger partial charge in [-0.05, 0) is 25.1 Å². The van der Waals surface area contributed by atoms with Gasteiger partial charge in [0, 0.05) is 18.8 Å². The van der Waals surface area contributed by atoms with Crippen LogP contribution >= 0.6 is 0 Å². The van der Waals surface area contributed by atoms with Crippen LogP contribution in [0.5, 0.6) is 5.75 Å². The van der Waals surface area contributed by atoms with Gasteiger partial charge in [-0.15, -0.1) is 0 Å². The Bertz CT molecular complexity index is 673. The molecule has 0 spiro atoms. The van der Waals surface area contributed by atoms with E-state index in [0.29, 0.717) is 0 Å².